The van der Waals surface area contributed by atoms with Crippen molar-refractivity contribution in [1.29, 1.82) is 0 Å². The van der Waals surface area contributed by atoms with Crippen LogP contribution in [0.5, 0.6) is 5.75 Å². The molecule has 2 aliphatic heterocycles. The van der Waals surface area contributed by atoms with Gasteiger partial charge in [0.2, 0.25) is 6.23 Å². The largest absolute Gasteiger partial charge is 0.464 e. The van der Waals surface area contributed by atoms with Crippen LogP contribution in [0.1, 0.15) is 35.4 Å². The molecule has 3 nitrogen and oxygen atoms in total. The molecule has 0 saturated heterocycles. The summed E-state index contributed by atoms with van der Waals surface area (Å²) in [5, 5.41) is 10.4. The molecule has 0 radical (unpaired) electrons. The first-order valence-electron chi connectivity index (χ1n) is 10.6. The minimum atomic E-state index is -0.275. The van der Waals surface area contributed by atoms with Gasteiger partial charge in [-0.25, -0.2) is 5.01 Å². The predicted octanol–water partition coefficient (Wildman–Crippen LogP) is 7.46. The zero-order chi connectivity index (χ0) is 21.7. The lowest BCUT2D eigenvalue weighted by Crippen LogP contribution is -2.33. The van der Waals surface area contributed by atoms with Crippen molar-refractivity contribution in [2.24, 2.45) is 5.10 Å². The second-order valence-corrected chi connectivity index (χ2v) is 9.45. The van der Waals surface area contributed by atoms with Gasteiger partial charge in [0.05, 0.1) is 11.8 Å². The highest BCUT2D eigenvalue weighted by molar-refractivity contribution is 7.98. The third-order valence-corrected chi connectivity index (χ3v) is 7.21. The van der Waals surface area contributed by atoms with Crippen LogP contribution in [-0.2, 0) is 0 Å². The lowest BCUT2D eigenvalue weighted by molar-refractivity contribution is -0.0190. The van der Waals surface area contributed by atoms with Gasteiger partial charge >= 0.3 is 0 Å². The molecule has 0 bridgehead atoms. The Morgan fingerprint density at radius 2 is 1.75 bits per heavy atom. The van der Waals surface area contributed by atoms with Gasteiger partial charge in [-0.1, -0.05) is 60.1 Å². The average Bonchev–Trinajstić information content (AvgIpc) is 3.29. The molecular weight excluding hydrogens is 436 g/mol. The molecule has 5 heteroatoms. The number of ether oxygens (including phenoxy) is 1. The Morgan fingerprint density at radius 1 is 0.938 bits per heavy atom. The van der Waals surface area contributed by atoms with E-state index in [1.165, 1.54) is 15.7 Å². The molecule has 0 amide bonds. The Kier molecular flexibility index (Phi) is 4.85. The van der Waals surface area contributed by atoms with Gasteiger partial charge in [-0.3, -0.25) is 0 Å². The first kappa shape index (κ1) is 19.7. The molecule has 2 atom stereocenters. The SMILES string of the molecule is CSc1ccc([C@@H]2Oc3ccc(Cl)cc3[C@@H]3CC(c4ccc5ccccc5c4)=NN32)cc1. The predicted molar refractivity (Wildman–Crippen MR) is 133 cm³/mol. The van der Waals surface area contributed by atoms with E-state index in [-0.39, 0.29) is 12.3 Å². The third-order valence-electron chi connectivity index (χ3n) is 6.24. The van der Waals surface area contributed by atoms with Crippen molar-refractivity contribution in [2.45, 2.75) is 23.6 Å². The molecule has 0 saturated carbocycles. The lowest BCUT2D eigenvalue weighted by Gasteiger charge is -2.38. The van der Waals surface area contributed by atoms with Crippen molar-refractivity contribution in [3.05, 3.63) is 107 Å². The summed E-state index contributed by atoms with van der Waals surface area (Å²) in [5.74, 6) is 0.879. The molecule has 2 heterocycles. The number of hydrogen-bond donors (Lipinski definition) is 0. The number of nitrogens with zero attached hydrogens (tertiary/aromatic N) is 2. The Labute approximate surface area is 196 Å². The molecular formula is C27H21ClN2OS. The second kappa shape index (κ2) is 7.88. The topological polar surface area (TPSA) is 24.8 Å². The monoisotopic (exact) mass is 456 g/mol. The van der Waals surface area contributed by atoms with E-state index in [1.54, 1.807) is 11.8 Å². The minimum Gasteiger partial charge on any atom is -0.464 e. The number of hydrazone groups is 1. The van der Waals surface area contributed by atoms with Crippen molar-refractivity contribution in [2.75, 3.05) is 6.26 Å². The van der Waals surface area contributed by atoms with Crippen LogP contribution in [0, 0.1) is 0 Å². The van der Waals surface area contributed by atoms with Crippen molar-refractivity contribution < 1.29 is 4.74 Å². The van der Waals surface area contributed by atoms with Crippen LogP contribution in [0.2, 0.25) is 5.02 Å². The molecule has 0 aliphatic carbocycles. The fourth-order valence-corrected chi connectivity index (χ4v) is 5.18. The maximum Gasteiger partial charge on any atom is 0.213 e. The van der Waals surface area contributed by atoms with Crippen LogP contribution in [0.4, 0.5) is 0 Å². The molecule has 158 valence electrons. The van der Waals surface area contributed by atoms with Crippen LogP contribution in [0.15, 0.2) is 94.9 Å². The highest BCUT2D eigenvalue weighted by Crippen LogP contribution is 2.48. The van der Waals surface area contributed by atoms with Crippen molar-refractivity contribution in [3.8, 4) is 5.75 Å². The number of fused-ring (bicyclic) bond motifs is 4. The summed E-state index contributed by atoms with van der Waals surface area (Å²) in [7, 11) is 0. The van der Waals surface area contributed by atoms with Gasteiger partial charge in [0.15, 0.2) is 0 Å². The fourth-order valence-electron chi connectivity index (χ4n) is 4.59. The summed E-state index contributed by atoms with van der Waals surface area (Å²) >= 11 is 8.09. The van der Waals surface area contributed by atoms with E-state index < -0.39 is 0 Å². The normalized spacial score (nSPS) is 19.3. The smallest absolute Gasteiger partial charge is 0.213 e. The molecule has 0 spiro atoms. The molecule has 4 aromatic rings. The minimum absolute atomic E-state index is 0.0872. The summed E-state index contributed by atoms with van der Waals surface area (Å²) in [5.41, 5.74) is 4.41. The van der Waals surface area contributed by atoms with Gasteiger partial charge in [0.25, 0.3) is 0 Å². The molecule has 2 aliphatic rings. The van der Waals surface area contributed by atoms with Crippen molar-refractivity contribution in [1.82, 2.24) is 5.01 Å². The van der Waals surface area contributed by atoms with Crippen LogP contribution in [0.3, 0.4) is 0 Å². The van der Waals surface area contributed by atoms with Crippen molar-refractivity contribution in [3.63, 3.8) is 0 Å². The Bertz CT molecular complexity index is 1350. The molecule has 0 fully saturated rings. The molecule has 0 N–H and O–H groups in total. The van der Waals surface area contributed by atoms with E-state index in [9.17, 15) is 0 Å². The Balaban J connectivity index is 1.44. The Morgan fingerprint density at radius 3 is 2.56 bits per heavy atom. The highest BCUT2D eigenvalue weighted by Gasteiger charge is 2.41. The molecule has 6 rings (SSSR count). The Hall–Kier alpha value is -2.95. The summed E-state index contributed by atoms with van der Waals surface area (Å²) in [6, 6.07) is 29.5. The van der Waals surface area contributed by atoms with Crippen molar-refractivity contribution >= 4 is 39.8 Å². The molecule has 4 aromatic carbocycles. The number of thioether (sulfide) groups is 1. The number of rotatable bonds is 3. The summed E-state index contributed by atoms with van der Waals surface area (Å²) < 4.78 is 6.47. The van der Waals surface area contributed by atoms with E-state index in [2.05, 4.69) is 78.0 Å². The first-order valence-corrected chi connectivity index (χ1v) is 12.2. The lowest BCUT2D eigenvalue weighted by atomic mass is 9.95. The van der Waals surface area contributed by atoms with E-state index in [0.29, 0.717) is 5.02 Å². The van der Waals surface area contributed by atoms with E-state index in [4.69, 9.17) is 21.4 Å². The first-order chi connectivity index (χ1) is 15.7. The zero-order valence-corrected chi connectivity index (χ0v) is 19.1. The number of halogens is 1. The number of hydrogen-bond acceptors (Lipinski definition) is 4. The van der Waals surface area contributed by atoms with Gasteiger partial charge in [-0.2, -0.15) is 5.10 Å². The van der Waals surface area contributed by atoms with E-state index in [1.807, 2.05) is 18.2 Å². The van der Waals surface area contributed by atoms with Gasteiger partial charge in [0, 0.05) is 27.5 Å². The summed E-state index contributed by atoms with van der Waals surface area (Å²) in [6.07, 6.45) is 2.62. The third kappa shape index (κ3) is 3.35. The highest BCUT2D eigenvalue weighted by atomic mass is 35.5. The maximum absolute atomic E-state index is 6.47. The van der Waals surface area contributed by atoms with Gasteiger partial charge < -0.3 is 4.74 Å². The molecule has 32 heavy (non-hydrogen) atoms. The summed E-state index contributed by atoms with van der Waals surface area (Å²) in [4.78, 5) is 1.23. The van der Waals surface area contributed by atoms with Crippen LogP contribution in [0.25, 0.3) is 10.8 Å². The second-order valence-electron chi connectivity index (χ2n) is 8.13. The van der Waals surface area contributed by atoms with Gasteiger partial charge in [0.1, 0.15) is 5.75 Å². The molecule has 0 unspecified atom stereocenters. The van der Waals surface area contributed by atoms with Crippen LogP contribution < -0.4 is 4.74 Å². The maximum atomic E-state index is 6.47. The van der Waals surface area contributed by atoms with E-state index in [0.717, 1.165) is 34.6 Å². The van der Waals surface area contributed by atoms with Crippen LogP contribution in [-0.4, -0.2) is 17.0 Å². The average molecular weight is 457 g/mol. The quantitative estimate of drug-likeness (QED) is 0.299. The fraction of sp³-hybridized carbons (Fsp3) is 0.148. The summed E-state index contributed by atoms with van der Waals surface area (Å²) in [6.45, 7) is 0. The van der Waals surface area contributed by atoms with Gasteiger partial charge in [-0.15, -0.1) is 11.8 Å². The zero-order valence-electron chi connectivity index (χ0n) is 17.5. The standard InChI is InChI=1S/C27H21ClN2OS/c1-32-22-11-8-18(9-12-22)27-30-25(23-15-21(28)10-13-26(23)31-27)16-24(29-30)20-7-6-17-4-2-3-5-19(17)14-20/h2-15,25,27H,16H2,1H3/t25-,27-/m0/s1. The van der Waals surface area contributed by atoms with Gasteiger partial charge in [-0.05, 0) is 59.0 Å². The van der Waals surface area contributed by atoms with Crippen LogP contribution >= 0.6 is 23.4 Å². The number of benzene rings is 4. The van der Waals surface area contributed by atoms with E-state index >= 15 is 0 Å². The molecule has 0 aromatic heterocycles.